The molecule has 1 aliphatic rings. The third-order valence-electron chi connectivity index (χ3n) is 3.67. The van der Waals surface area contributed by atoms with Crippen LogP contribution in [-0.4, -0.2) is 29.7 Å². The molecule has 4 nitrogen and oxygen atoms in total. The Morgan fingerprint density at radius 1 is 1.32 bits per heavy atom. The largest absolute Gasteiger partial charge is 0.392 e. The summed E-state index contributed by atoms with van der Waals surface area (Å²) in [6.07, 6.45) is 3.65. The maximum absolute atomic E-state index is 11.9. The van der Waals surface area contributed by atoms with Crippen molar-refractivity contribution in [1.29, 1.82) is 0 Å². The van der Waals surface area contributed by atoms with Gasteiger partial charge in [0.05, 0.1) is 12.6 Å². The first-order valence-corrected chi connectivity index (χ1v) is 6.94. The van der Waals surface area contributed by atoms with Crippen LogP contribution in [0.2, 0.25) is 0 Å². The minimum atomic E-state index is -0.319. The number of amides is 1. The van der Waals surface area contributed by atoms with E-state index in [-0.39, 0.29) is 24.6 Å². The highest BCUT2D eigenvalue weighted by Crippen LogP contribution is 2.18. The average molecular weight is 262 g/mol. The molecule has 0 bridgehead atoms. The average Bonchev–Trinajstić information content (AvgIpc) is 2.40. The van der Waals surface area contributed by atoms with Crippen molar-refractivity contribution in [2.45, 2.75) is 44.8 Å². The highest BCUT2D eigenvalue weighted by Gasteiger charge is 2.22. The van der Waals surface area contributed by atoms with Crippen LogP contribution >= 0.6 is 0 Å². The standard InChI is InChI=1S/C15H22N2O2/c1-11-6-2-3-7-12(11)17-15(19)10-16-13-8-4-5-9-14(13)18/h2-3,6-7,13-14,16,18H,4-5,8-10H2,1H3,(H,17,19). The van der Waals surface area contributed by atoms with Crippen molar-refractivity contribution in [2.24, 2.45) is 0 Å². The molecule has 3 N–H and O–H groups in total. The molecule has 0 aliphatic heterocycles. The van der Waals surface area contributed by atoms with Crippen LogP contribution in [-0.2, 0) is 4.79 Å². The Morgan fingerprint density at radius 3 is 2.79 bits per heavy atom. The van der Waals surface area contributed by atoms with Crippen LogP contribution < -0.4 is 10.6 Å². The molecule has 2 atom stereocenters. The molecule has 19 heavy (non-hydrogen) atoms. The number of anilines is 1. The highest BCUT2D eigenvalue weighted by atomic mass is 16.3. The van der Waals surface area contributed by atoms with Gasteiger partial charge in [0, 0.05) is 11.7 Å². The predicted molar refractivity (Wildman–Crippen MR) is 76.1 cm³/mol. The van der Waals surface area contributed by atoms with Gasteiger partial charge in [-0.2, -0.15) is 0 Å². The molecule has 1 aliphatic carbocycles. The van der Waals surface area contributed by atoms with E-state index in [1.54, 1.807) is 0 Å². The maximum atomic E-state index is 11.9. The van der Waals surface area contributed by atoms with E-state index in [4.69, 9.17) is 0 Å². The molecule has 104 valence electrons. The SMILES string of the molecule is Cc1ccccc1NC(=O)CNC1CCCCC1O. The van der Waals surface area contributed by atoms with Gasteiger partial charge >= 0.3 is 0 Å². The van der Waals surface area contributed by atoms with Crippen molar-refractivity contribution in [1.82, 2.24) is 5.32 Å². The smallest absolute Gasteiger partial charge is 0.238 e. The molecule has 1 fully saturated rings. The van der Waals surface area contributed by atoms with E-state index < -0.39 is 0 Å². The number of nitrogens with one attached hydrogen (secondary N) is 2. The molecule has 0 heterocycles. The Labute approximate surface area is 114 Å². The van der Waals surface area contributed by atoms with Gasteiger partial charge < -0.3 is 15.7 Å². The first-order chi connectivity index (χ1) is 9.16. The number of carbonyl (C=O) groups is 1. The van der Waals surface area contributed by atoms with Gasteiger partial charge in [-0.25, -0.2) is 0 Å². The summed E-state index contributed by atoms with van der Waals surface area (Å²) in [6.45, 7) is 2.21. The lowest BCUT2D eigenvalue weighted by molar-refractivity contribution is -0.115. The summed E-state index contributed by atoms with van der Waals surface area (Å²) in [5.41, 5.74) is 1.90. The Kier molecular flexibility index (Phi) is 4.93. The molecule has 1 aromatic rings. The molecule has 0 spiro atoms. The van der Waals surface area contributed by atoms with Crippen LogP contribution in [0, 0.1) is 6.92 Å². The van der Waals surface area contributed by atoms with Crippen LogP contribution in [0.15, 0.2) is 24.3 Å². The van der Waals surface area contributed by atoms with E-state index in [1.807, 2.05) is 31.2 Å². The van der Waals surface area contributed by atoms with E-state index in [2.05, 4.69) is 10.6 Å². The minimum Gasteiger partial charge on any atom is -0.392 e. The number of rotatable bonds is 4. The lowest BCUT2D eigenvalue weighted by atomic mass is 9.92. The van der Waals surface area contributed by atoms with Gasteiger partial charge in [0.1, 0.15) is 0 Å². The number of para-hydroxylation sites is 1. The number of aliphatic hydroxyl groups is 1. The summed E-state index contributed by atoms with van der Waals surface area (Å²) in [6, 6.07) is 7.76. The Morgan fingerprint density at radius 2 is 2.05 bits per heavy atom. The zero-order valence-electron chi connectivity index (χ0n) is 11.4. The Hall–Kier alpha value is -1.39. The molecular weight excluding hydrogens is 240 g/mol. The lowest BCUT2D eigenvalue weighted by Gasteiger charge is -2.28. The summed E-state index contributed by atoms with van der Waals surface area (Å²) >= 11 is 0. The van der Waals surface area contributed by atoms with Gasteiger partial charge in [-0.3, -0.25) is 4.79 Å². The van der Waals surface area contributed by atoms with Crippen molar-refractivity contribution in [2.75, 3.05) is 11.9 Å². The van der Waals surface area contributed by atoms with Gasteiger partial charge in [0.2, 0.25) is 5.91 Å². The van der Waals surface area contributed by atoms with E-state index in [9.17, 15) is 9.90 Å². The molecular formula is C15H22N2O2. The quantitative estimate of drug-likeness (QED) is 0.775. The molecule has 1 aromatic carbocycles. The number of aryl methyl sites for hydroxylation is 1. The van der Waals surface area contributed by atoms with Crippen LogP contribution in [0.5, 0.6) is 0 Å². The van der Waals surface area contributed by atoms with Gasteiger partial charge in [-0.15, -0.1) is 0 Å². The molecule has 0 saturated heterocycles. The second-order valence-electron chi connectivity index (χ2n) is 5.20. The first-order valence-electron chi connectivity index (χ1n) is 6.94. The molecule has 0 radical (unpaired) electrons. The summed E-state index contributed by atoms with van der Waals surface area (Å²) < 4.78 is 0. The second-order valence-corrected chi connectivity index (χ2v) is 5.20. The van der Waals surface area contributed by atoms with Gasteiger partial charge in [-0.05, 0) is 31.4 Å². The lowest BCUT2D eigenvalue weighted by Crippen LogP contribution is -2.45. The van der Waals surface area contributed by atoms with E-state index in [0.717, 1.165) is 36.9 Å². The number of benzene rings is 1. The van der Waals surface area contributed by atoms with Crippen molar-refractivity contribution >= 4 is 11.6 Å². The molecule has 2 rings (SSSR count). The molecule has 2 unspecified atom stereocenters. The van der Waals surface area contributed by atoms with Crippen molar-refractivity contribution in [3.05, 3.63) is 29.8 Å². The molecule has 0 aromatic heterocycles. The normalized spacial score (nSPS) is 23.1. The summed E-state index contributed by atoms with van der Waals surface area (Å²) in [7, 11) is 0. The predicted octanol–water partition coefficient (Wildman–Crippen LogP) is 1.83. The summed E-state index contributed by atoms with van der Waals surface area (Å²) in [4.78, 5) is 11.9. The van der Waals surface area contributed by atoms with Crippen LogP contribution in [0.1, 0.15) is 31.2 Å². The van der Waals surface area contributed by atoms with Gasteiger partial charge in [-0.1, -0.05) is 31.0 Å². The zero-order valence-corrected chi connectivity index (χ0v) is 11.4. The third-order valence-corrected chi connectivity index (χ3v) is 3.67. The minimum absolute atomic E-state index is 0.0522. The van der Waals surface area contributed by atoms with E-state index >= 15 is 0 Å². The third kappa shape index (κ3) is 4.04. The van der Waals surface area contributed by atoms with Crippen LogP contribution in [0.4, 0.5) is 5.69 Å². The summed E-state index contributed by atoms with van der Waals surface area (Å²) in [5.74, 6) is -0.0629. The molecule has 1 amide bonds. The second kappa shape index (κ2) is 6.68. The molecule has 4 heteroatoms. The van der Waals surface area contributed by atoms with Crippen molar-refractivity contribution in [3.63, 3.8) is 0 Å². The fourth-order valence-corrected chi connectivity index (χ4v) is 2.48. The number of carbonyl (C=O) groups excluding carboxylic acids is 1. The fraction of sp³-hybridized carbons (Fsp3) is 0.533. The van der Waals surface area contributed by atoms with Crippen LogP contribution in [0.3, 0.4) is 0 Å². The first kappa shape index (κ1) is 14.0. The fourth-order valence-electron chi connectivity index (χ4n) is 2.48. The number of hydrogen-bond acceptors (Lipinski definition) is 3. The van der Waals surface area contributed by atoms with E-state index in [1.165, 1.54) is 0 Å². The zero-order chi connectivity index (χ0) is 13.7. The van der Waals surface area contributed by atoms with Crippen LogP contribution in [0.25, 0.3) is 0 Å². The maximum Gasteiger partial charge on any atom is 0.238 e. The monoisotopic (exact) mass is 262 g/mol. The number of hydrogen-bond donors (Lipinski definition) is 3. The van der Waals surface area contributed by atoms with E-state index in [0.29, 0.717) is 0 Å². The highest BCUT2D eigenvalue weighted by molar-refractivity contribution is 5.92. The topological polar surface area (TPSA) is 61.4 Å². The van der Waals surface area contributed by atoms with Crippen molar-refractivity contribution < 1.29 is 9.90 Å². The number of aliphatic hydroxyl groups excluding tert-OH is 1. The Balaban J connectivity index is 1.80. The molecule has 1 saturated carbocycles. The van der Waals surface area contributed by atoms with Gasteiger partial charge in [0.15, 0.2) is 0 Å². The Bertz CT molecular complexity index is 434. The summed E-state index contributed by atoms with van der Waals surface area (Å²) in [5, 5.41) is 15.9. The van der Waals surface area contributed by atoms with Gasteiger partial charge in [0.25, 0.3) is 0 Å². The van der Waals surface area contributed by atoms with Crippen molar-refractivity contribution in [3.8, 4) is 0 Å².